The lowest BCUT2D eigenvalue weighted by atomic mass is 9.83. The Bertz CT molecular complexity index is 1410. The minimum absolute atomic E-state index is 0.0408. The van der Waals surface area contributed by atoms with Gasteiger partial charge in [-0.1, -0.05) is 29.8 Å². The second-order valence-electron chi connectivity index (χ2n) is 6.91. The van der Waals surface area contributed by atoms with Gasteiger partial charge in [0.1, 0.15) is 28.1 Å². The highest BCUT2D eigenvalue weighted by Gasteiger charge is 2.34. The van der Waals surface area contributed by atoms with Crippen LogP contribution in [0.15, 0.2) is 66.2 Å². The van der Waals surface area contributed by atoms with Crippen LogP contribution in [0, 0.1) is 11.3 Å². The largest absolute Gasteiger partial charge is 0.497 e. The number of aromatic nitrogens is 2. The van der Waals surface area contributed by atoms with E-state index in [1.54, 1.807) is 13.3 Å². The summed E-state index contributed by atoms with van der Waals surface area (Å²) in [6, 6.07) is 17.4. The zero-order chi connectivity index (χ0) is 20.8. The highest BCUT2D eigenvalue weighted by atomic mass is 35.5. The zero-order valence-electron chi connectivity index (χ0n) is 15.9. The molecule has 0 fully saturated rings. The van der Waals surface area contributed by atoms with Gasteiger partial charge < -0.3 is 15.2 Å². The molecule has 7 heteroatoms. The molecule has 1 unspecified atom stereocenters. The van der Waals surface area contributed by atoms with Crippen molar-refractivity contribution in [1.29, 1.82) is 5.26 Å². The first-order valence-electron chi connectivity index (χ1n) is 9.20. The lowest BCUT2D eigenvalue weighted by Crippen LogP contribution is -2.21. The molecule has 0 aliphatic carbocycles. The van der Waals surface area contributed by atoms with Crippen LogP contribution < -0.4 is 15.2 Å². The van der Waals surface area contributed by atoms with Crippen molar-refractivity contribution in [3.63, 3.8) is 0 Å². The van der Waals surface area contributed by atoms with Gasteiger partial charge in [0.25, 0.3) is 0 Å². The van der Waals surface area contributed by atoms with Crippen LogP contribution in [0.4, 0.5) is 0 Å². The summed E-state index contributed by atoms with van der Waals surface area (Å²) in [5, 5.41) is 11.9. The predicted octanol–water partition coefficient (Wildman–Crippen LogP) is 4.66. The van der Waals surface area contributed by atoms with Gasteiger partial charge in [-0.2, -0.15) is 5.26 Å². The molecule has 30 heavy (non-hydrogen) atoms. The lowest BCUT2D eigenvalue weighted by molar-refractivity contribution is 0.397. The third-order valence-corrected chi connectivity index (χ3v) is 5.58. The zero-order valence-corrected chi connectivity index (χ0v) is 16.6. The molecule has 0 saturated carbocycles. The first kappa shape index (κ1) is 18.2. The molecule has 0 spiro atoms. The normalized spacial score (nSPS) is 15.6. The number of halogens is 1. The Balaban J connectivity index is 1.78. The molecule has 5 rings (SSSR count). The van der Waals surface area contributed by atoms with Crippen molar-refractivity contribution in [3.8, 4) is 17.6 Å². The second-order valence-corrected chi connectivity index (χ2v) is 7.27. The number of nitrogens with two attached hydrogens (primary N) is 1. The predicted molar refractivity (Wildman–Crippen MR) is 114 cm³/mol. The molecule has 2 N–H and O–H groups in total. The van der Waals surface area contributed by atoms with E-state index in [0.29, 0.717) is 28.1 Å². The molecule has 2 aromatic heterocycles. The number of rotatable bonds is 2. The number of hydrogen-bond acceptors (Lipinski definition) is 6. The van der Waals surface area contributed by atoms with E-state index in [0.717, 1.165) is 16.3 Å². The van der Waals surface area contributed by atoms with Crippen LogP contribution in [0.25, 0.3) is 21.8 Å². The molecular weight excluding hydrogens is 400 g/mol. The number of pyridine rings is 2. The number of nitriles is 1. The molecule has 1 atom stereocenters. The summed E-state index contributed by atoms with van der Waals surface area (Å²) in [4.78, 5) is 9.00. The van der Waals surface area contributed by atoms with E-state index in [4.69, 9.17) is 26.8 Å². The first-order chi connectivity index (χ1) is 14.6. The summed E-state index contributed by atoms with van der Waals surface area (Å²) in [6.45, 7) is 0. The first-order valence-corrected chi connectivity index (χ1v) is 9.58. The molecule has 4 aromatic rings. The van der Waals surface area contributed by atoms with E-state index in [2.05, 4.69) is 16.0 Å². The van der Waals surface area contributed by atoms with Crippen molar-refractivity contribution in [2.75, 3.05) is 7.11 Å². The summed E-state index contributed by atoms with van der Waals surface area (Å²) in [5.74, 6) is 0.742. The van der Waals surface area contributed by atoms with E-state index in [1.807, 2.05) is 48.5 Å². The summed E-state index contributed by atoms with van der Waals surface area (Å²) in [6.07, 6.45) is 1.69. The number of ether oxygens (including phenoxy) is 2. The third kappa shape index (κ3) is 2.71. The van der Waals surface area contributed by atoms with Crippen molar-refractivity contribution in [2.24, 2.45) is 5.73 Å². The average molecular weight is 415 g/mol. The Morgan fingerprint density at radius 1 is 1.13 bits per heavy atom. The Morgan fingerprint density at radius 2 is 1.97 bits per heavy atom. The number of benzene rings is 2. The van der Waals surface area contributed by atoms with Gasteiger partial charge in [-0.25, -0.2) is 4.98 Å². The monoisotopic (exact) mass is 414 g/mol. The van der Waals surface area contributed by atoms with E-state index in [9.17, 15) is 5.26 Å². The molecule has 2 aromatic carbocycles. The summed E-state index contributed by atoms with van der Waals surface area (Å²) in [7, 11) is 1.60. The van der Waals surface area contributed by atoms with Crippen LogP contribution in [-0.4, -0.2) is 17.1 Å². The fourth-order valence-electron chi connectivity index (χ4n) is 3.84. The van der Waals surface area contributed by atoms with Gasteiger partial charge in [0.2, 0.25) is 5.88 Å². The number of nitrogens with zero attached hydrogens (tertiary/aromatic N) is 3. The number of hydrogen-bond donors (Lipinski definition) is 1. The van der Waals surface area contributed by atoms with Crippen LogP contribution in [0.2, 0.25) is 5.15 Å². The van der Waals surface area contributed by atoms with Crippen LogP contribution >= 0.6 is 11.6 Å². The fourth-order valence-corrected chi connectivity index (χ4v) is 4.10. The SMILES string of the molecule is COc1ccc2cc(C3C(C#N)=C(N)Oc4c3ccc3cccnc43)c(Cl)nc2c1. The molecule has 0 amide bonds. The average Bonchev–Trinajstić information content (AvgIpc) is 2.77. The minimum Gasteiger partial charge on any atom is -0.497 e. The van der Waals surface area contributed by atoms with E-state index in [-0.39, 0.29) is 16.6 Å². The Morgan fingerprint density at radius 3 is 2.77 bits per heavy atom. The van der Waals surface area contributed by atoms with Crippen molar-refractivity contribution in [2.45, 2.75) is 5.92 Å². The minimum atomic E-state index is -0.517. The number of allylic oxidation sites excluding steroid dienone is 1. The van der Waals surface area contributed by atoms with Gasteiger partial charge >= 0.3 is 0 Å². The van der Waals surface area contributed by atoms with Crippen LogP contribution in [0.1, 0.15) is 17.0 Å². The van der Waals surface area contributed by atoms with Crippen molar-refractivity contribution >= 4 is 33.4 Å². The Kier molecular flexibility index (Phi) is 4.19. The quantitative estimate of drug-likeness (QED) is 0.479. The summed E-state index contributed by atoms with van der Waals surface area (Å²) in [5.41, 5.74) is 9.25. The van der Waals surface area contributed by atoms with E-state index in [1.165, 1.54) is 0 Å². The van der Waals surface area contributed by atoms with Gasteiger partial charge in [0.05, 0.1) is 18.5 Å². The van der Waals surface area contributed by atoms with Gasteiger partial charge in [0, 0.05) is 34.2 Å². The second kappa shape index (κ2) is 6.90. The Labute approximate surface area is 177 Å². The molecule has 1 aliphatic rings. The fraction of sp³-hybridized carbons (Fsp3) is 0.0870. The van der Waals surface area contributed by atoms with Crippen LogP contribution in [0.5, 0.6) is 11.5 Å². The van der Waals surface area contributed by atoms with E-state index < -0.39 is 5.92 Å². The van der Waals surface area contributed by atoms with Gasteiger partial charge in [-0.3, -0.25) is 4.98 Å². The van der Waals surface area contributed by atoms with Gasteiger partial charge in [0.15, 0.2) is 5.75 Å². The maximum atomic E-state index is 9.84. The maximum absolute atomic E-state index is 9.84. The maximum Gasteiger partial charge on any atom is 0.205 e. The van der Waals surface area contributed by atoms with Gasteiger partial charge in [-0.15, -0.1) is 0 Å². The molecule has 0 radical (unpaired) electrons. The molecule has 0 bridgehead atoms. The highest BCUT2D eigenvalue weighted by molar-refractivity contribution is 6.30. The number of fused-ring (bicyclic) bond motifs is 4. The lowest BCUT2D eigenvalue weighted by Gasteiger charge is -2.27. The van der Waals surface area contributed by atoms with Crippen molar-refractivity contribution in [1.82, 2.24) is 9.97 Å². The molecule has 1 aliphatic heterocycles. The summed E-state index contributed by atoms with van der Waals surface area (Å²) >= 11 is 6.61. The standard InChI is InChI=1S/C23H15ClN4O2/c1-29-14-6-4-13-9-16(22(24)28-18(13)10-14)19-15-7-5-12-3-2-8-27-20(12)21(15)30-23(26)17(19)11-25/h2-10,19H,26H2,1H3. The molecule has 6 nitrogen and oxygen atoms in total. The molecular formula is C23H15ClN4O2. The van der Waals surface area contributed by atoms with Crippen LogP contribution in [0.3, 0.4) is 0 Å². The summed E-state index contributed by atoms with van der Waals surface area (Å²) < 4.78 is 11.1. The third-order valence-electron chi connectivity index (χ3n) is 5.27. The Hall–Kier alpha value is -3.82. The van der Waals surface area contributed by atoms with Gasteiger partial charge in [-0.05, 0) is 24.3 Å². The topological polar surface area (TPSA) is 94.0 Å². The van der Waals surface area contributed by atoms with Crippen LogP contribution in [-0.2, 0) is 0 Å². The molecule has 0 saturated heterocycles. The van der Waals surface area contributed by atoms with Crippen molar-refractivity contribution < 1.29 is 9.47 Å². The highest BCUT2D eigenvalue weighted by Crippen LogP contribution is 2.46. The number of methoxy groups -OCH3 is 1. The smallest absolute Gasteiger partial charge is 0.205 e. The van der Waals surface area contributed by atoms with Crippen molar-refractivity contribution in [3.05, 3.63) is 82.5 Å². The molecule has 146 valence electrons. The van der Waals surface area contributed by atoms with E-state index >= 15 is 0 Å². The molecule has 3 heterocycles.